The van der Waals surface area contributed by atoms with Crippen molar-refractivity contribution in [1.82, 2.24) is 0 Å². The molecule has 4 N–H and O–H groups in total. The van der Waals surface area contributed by atoms with Crippen LogP contribution in [0, 0.1) is 0 Å². The van der Waals surface area contributed by atoms with E-state index in [9.17, 15) is 44.4 Å². The average molecular weight is 677 g/mol. The maximum Gasteiger partial charge on any atom is 0.342 e. The Bertz CT molecular complexity index is 1520. The third-order valence-corrected chi connectivity index (χ3v) is 7.04. The van der Waals surface area contributed by atoms with Crippen molar-refractivity contribution in [3.05, 3.63) is 46.5 Å². The SMILES string of the molecule is COc1cc(O)c2c(c1)CC(C)OC(=O)CC(C)OC(=O)c1c(O)cc(O)cc1CC(C)OC(=O)CC(O)COC(=O)CC(C)OC2=O. The first-order valence-corrected chi connectivity index (χ1v) is 15.2. The zero-order valence-corrected chi connectivity index (χ0v) is 27.2. The molecule has 5 atom stereocenters. The Kier molecular flexibility index (Phi) is 13.0. The fourth-order valence-electron chi connectivity index (χ4n) is 5.02. The number of phenolic OH excluding ortho intramolecular Hbond substituents is 3. The van der Waals surface area contributed by atoms with Crippen molar-refractivity contribution >= 4 is 29.8 Å². The molecule has 262 valence electrons. The zero-order chi connectivity index (χ0) is 35.7. The lowest BCUT2D eigenvalue weighted by Gasteiger charge is -2.20. The first-order valence-electron chi connectivity index (χ1n) is 15.2. The van der Waals surface area contributed by atoms with Gasteiger partial charge in [0.15, 0.2) is 0 Å². The number of carbonyl (C=O) groups is 5. The van der Waals surface area contributed by atoms with Gasteiger partial charge < -0.3 is 48.8 Å². The molecule has 0 fully saturated rings. The topological polar surface area (TPSA) is 222 Å². The first kappa shape index (κ1) is 37.4. The number of aromatic hydroxyl groups is 3. The number of hydrogen-bond acceptors (Lipinski definition) is 15. The molecule has 0 spiro atoms. The van der Waals surface area contributed by atoms with E-state index < -0.39 is 97.7 Å². The summed E-state index contributed by atoms with van der Waals surface area (Å²) in [7, 11) is 1.35. The third kappa shape index (κ3) is 10.8. The summed E-state index contributed by atoms with van der Waals surface area (Å²) < 4.78 is 31.7. The van der Waals surface area contributed by atoms with Gasteiger partial charge >= 0.3 is 29.8 Å². The van der Waals surface area contributed by atoms with Gasteiger partial charge in [-0.05, 0) is 51.0 Å². The van der Waals surface area contributed by atoms with Crippen LogP contribution in [0.15, 0.2) is 24.3 Å². The molecule has 0 radical (unpaired) electrons. The second-order valence-electron chi connectivity index (χ2n) is 11.6. The van der Waals surface area contributed by atoms with Gasteiger partial charge in [0, 0.05) is 25.0 Å². The fourth-order valence-corrected chi connectivity index (χ4v) is 5.02. The smallest absolute Gasteiger partial charge is 0.342 e. The zero-order valence-electron chi connectivity index (χ0n) is 27.2. The number of aliphatic hydroxyl groups excluding tert-OH is 1. The van der Waals surface area contributed by atoms with E-state index in [0.29, 0.717) is 0 Å². The Morgan fingerprint density at radius 2 is 1.06 bits per heavy atom. The van der Waals surface area contributed by atoms with Crippen LogP contribution in [0.2, 0.25) is 0 Å². The van der Waals surface area contributed by atoms with Gasteiger partial charge in [0.2, 0.25) is 0 Å². The number of cyclic esters (lactones) is 5. The summed E-state index contributed by atoms with van der Waals surface area (Å²) in [5.74, 6) is -5.77. The second kappa shape index (κ2) is 16.7. The van der Waals surface area contributed by atoms with Gasteiger partial charge in [-0.3, -0.25) is 14.4 Å². The predicted octanol–water partition coefficient (Wildman–Crippen LogP) is 2.64. The van der Waals surface area contributed by atoms with E-state index in [1.165, 1.54) is 53.0 Å². The van der Waals surface area contributed by atoms with Crippen molar-refractivity contribution in [2.45, 2.75) is 90.3 Å². The van der Waals surface area contributed by atoms with Crippen molar-refractivity contribution in [3.8, 4) is 23.0 Å². The lowest BCUT2D eigenvalue weighted by Crippen LogP contribution is -2.27. The lowest BCUT2D eigenvalue weighted by molar-refractivity contribution is -0.156. The first-order chi connectivity index (χ1) is 22.6. The number of phenols is 3. The maximum absolute atomic E-state index is 13.1. The second-order valence-corrected chi connectivity index (χ2v) is 11.6. The maximum atomic E-state index is 13.1. The molecule has 15 nitrogen and oxygen atoms in total. The Labute approximate surface area is 276 Å². The molecule has 15 heteroatoms. The molecule has 1 heterocycles. The van der Waals surface area contributed by atoms with Crippen molar-refractivity contribution < 1.29 is 72.8 Å². The Hall–Kier alpha value is -5.05. The van der Waals surface area contributed by atoms with Crippen molar-refractivity contribution in [2.75, 3.05) is 13.7 Å². The molecule has 48 heavy (non-hydrogen) atoms. The summed E-state index contributed by atoms with van der Waals surface area (Å²) >= 11 is 0. The molecule has 1 aliphatic heterocycles. The molecule has 5 unspecified atom stereocenters. The van der Waals surface area contributed by atoms with Gasteiger partial charge in [0.25, 0.3) is 0 Å². The summed E-state index contributed by atoms with van der Waals surface area (Å²) in [6.07, 6.45) is -6.89. The van der Waals surface area contributed by atoms with Crippen LogP contribution in [0.5, 0.6) is 23.0 Å². The summed E-state index contributed by atoms with van der Waals surface area (Å²) in [4.78, 5) is 63.8. The van der Waals surface area contributed by atoms with Gasteiger partial charge in [0.1, 0.15) is 65.1 Å². The van der Waals surface area contributed by atoms with Crippen LogP contribution in [-0.2, 0) is 50.9 Å². The largest absolute Gasteiger partial charge is 0.508 e. The van der Waals surface area contributed by atoms with E-state index in [1.807, 2.05) is 0 Å². The third-order valence-electron chi connectivity index (χ3n) is 7.04. The van der Waals surface area contributed by atoms with Gasteiger partial charge in [-0.25, -0.2) is 9.59 Å². The van der Waals surface area contributed by atoms with Crippen LogP contribution in [0.25, 0.3) is 0 Å². The molecular weight excluding hydrogens is 636 g/mol. The molecule has 3 rings (SSSR count). The van der Waals surface area contributed by atoms with Crippen molar-refractivity contribution in [2.24, 2.45) is 0 Å². The summed E-state index contributed by atoms with van der Waals surface area (Å²) in [6.45, 7) is 5.28. The minimum Gasteiger partial charge on any atom is -0.508 e. The molecule has 0 bridgehead atoms. The molecular formula is C33H40O15. The molecule has 0 saturated carbocycles. The lowest BCUT2D eigenvalue weighted by atomic mass is 10.00. The van der Waals surface area contributed by atoms with Gasteiger partial charge in [-0.2, -0.15) is 0 Å². The highest BCUT2D eigenvalue weighted by Gasteiger charge is 2.28. The number of ether oxygens (including phenoxy) is 6. The quantitative estimate of drug-likeness (QED) is 0.252. The number of rotatable bonds is 1. The Balaban J connectivity index is 1.90. The van der Waals surface area contributed by atoms with Gasteiger partial charge in [0.05, 0.1) is 32.5 Å². The molecule has 1 aliphatic rings. The normalized spacial score (nSPS) is 24.2. The number of aliphatic hydroxyl groups is 1. The van der Waals surface area contributed by atoms with Crippen LogP contribution in [0.3, 0.4) is 0 Å². The van der Waals surface area contributed by atoms with Crippen LogP contribution >= 0.6 is 0 Å². The number of hydrogen-bond donors (Lipinski definition) is 4. The number of methoxy groups -OCH3 is 1. The highest BCUT2D eigenvalue weighted by molar-refractivity contribution is 5.95. The minimum absolute atomic E-state index is 0.0735. The number of fused-ring (bicyclic) bond motifs is 2. The number of benzene rings is 2. The summed E-state index contributed by atoms with van der Waals surface area (Å²) in [5, 5.41) is 41.4. The highest BCUT2D eigenvalue weighted by Crippen LogP contribution is 2.32. The summed E-state index contributed by atoms with van der Waals surface area (Å²) in [5.41, 5.74) is -0.298. The predicted molar refractivity (Wildman–Crippen MR) is 164 cm³/mol. The van der Waals surface area contributed by atoms with Crippen molar-refractivity contribution in [1.29, 1.82) is 0 Å². The highest BCUT2D eigenvalue weighted by atomic mass is 16.6. The van der Waals surface area contributed by atoms with Crippen LogP contribution in [0.1, 0.15) is 78.8 Å². The van der Waals surface area contributed by atoms with E-state index in [1.54, 1.807) is 0 Å². The Morgan fingerprint density at radius 3 is 1.60 bits per heavy atom. The minimum atomic E-state index is -1.44. The van der Waals surface area contributed by atoms with Crippen LogP contribution < -0.4 is 4.74 Å². The molecule has 2 aromatic carbocycles. The van der Waals surface area contributed by atoms with Crippen LogP contribution in [0.4, 0.5) is 0 Å². The number of carbonyl (C=O) groups excluding carboxylic acids is 5. The monoisotopic (exact) mass is 676 g/mol. The van der Waals surface area contributed by atoms with Crippen molar-refractivity contribution in [3.63, 3.8) is 0 Å². The standard InChI is InChI=1S/C33H40O15/c1-16-6-20-10-22(34)12-25(36)30(20)32(41)48-19(4)9-28(39)45-17(2)7-21-11-24(43-5)14-26(37)31(21)33(42)47-18(3)8-27(38)44-15-23(35)13-29(40)46-16/h10-12,14,16-19,23,34-37H,6-9,13,15H2,1-5H3. The Morgan fingerprint density at radius 1 is 0.604 bits per heavy atom. The van der Waals surface area contributed by atoms with E-state index >= 15 is 0 Å². The molecule has 0 saturated heterocycles. The summed E-state index contributed by atoms with van der Waals surface area (Å²) in [6, 6.07) is 4.74. The van der Waals surface area contributed by atoms with E-state index in [0.717, 1.165) is 6.07 Å². The van der Waals surface area contributed by atoms with E-state index in [4.69, 9.17) is 28.4 Å². The molecule has 0 amide bonds. The molecule has 0 aromatic heterocycles. The van der Waals surface area contributed by atoms with Gasteiger partial charge in [-0.1, -0.05) is 0 Å². The molecule has 2 aromatic rings. The van der Waals surface area contributed by atoms with E-state index in [2.05, 4.69) is 0 Å². The fraction of sp³-hybridized carbons (Fsp3) is 0.485. The molecule has 0 aliphatic carbocycles. The van der Waals surface area contributed by atoms with Gasteiger partial charge in [-0.15, -0.1) is 0 Å². The van der Waals surface area contributed by atoms with Crippen LogP contribution in [-0.4, -0.2) is 94.5 Å². The number of esters is 5. The average Bonchev–Trinajstić information content (AvgIpc) is 2.94. The van der Waals surface area contributed by atoms with E-state index in [-0.39, 0.29) is 46.6 Å².